The standard InChI is InChI=1S/C15H14N4O/c1-20-14-7-3-6-13(18-14)19-9-8-17-15(19)11-4-2-5-12(16)10-11/h2-10H,16H2,1H3. The summed E-state index contributed by atoms with van der Waals surface area (Å²) >= 11 is 0. The first-order valence-electron chi connectivity index (χ1n) is 6.18. The lowest BCUT2D eigenvalue weighted by atomic mass is 10.2. The fourth-order valence-corrected chi connectivity index (χ4v) is 2.03. The zero-order valence-electron chi connectivity index (χ0n) is 11.0. The van der Waals surface area contributed by atoms with Crippen molar-refractivity contribution in [3.63, 3.8) is 0 Å². The largest absolute Gasteiger partial charge is 0.481 e. The number of nitrogens with two attached hydrogens (primary N) is 1. The first-order valence-corrected chi connectivity index (χ1v) is 6.18. The molecule has 5 heteroatoms. The van der Waals surface area contributed by atoms with Crippen molar-refractivity contribution in [2.45, 2.75) is 0 Å². The molecule has 0 spiro atoms. The molecule has 0 atom stereocenters. The highest BCUT2D eigenvalue weighted by molar-refractivity contribution is 5.63. The maximum Gasteiger partial charge on any atom is 0.214 e. The lowest BCUT2D eigenvalue weighted by molar-refractivity contribution is 0.397. The summed E-state index contributed by atoms with van der Waals surface area (Å²) in [5.41, 5.74) is 7.47. The highest BCUT2D eigenvalue weighted by atomic mass is 16.5. The van der Waals surface area contributed by atoms with Crippen LogP contribution in [0.4, 0.5) is 5.69 Å². The fraction of sp³-hybridized carbons (Fsp3) is 0.0667. The Bertz CT molecular complexity index is 736. The maximum absolute atomic E-state index is 5.83. The van der Waals surface area contributed by atoms with Crippen molar-refractivity contribution in [2.24, 2.45) is 0 Å². The second-order valence-corrected chi connectivity index (χ2v) is 4.28. The van der Waals surface area contributed by atoms with Gasteiger partial charge in [-0.15, -0.1) is 0 Å². The zero-order chi connectivity index (χ0) is 13.9. The van der Waals surface area contributed by atoms with Crippen LogP contribution in [-0.4, -0.2) is 21.6 Å². The number of nitrogens with zero attached hydrogens (tertiary/aromatic N) is 3. The summed E-state index contributed by atoms with van der Waals surface area (Å²) < 4.78 is 7.05. The number of aromatic nitrogens is 3. The SMILES string of the molecule is COc1cccc(-n2ccnc2-c2cccc(N)c2)n1. The minimum atomic E-state index is 0.565. The summed E-state index contributed by atoms with van der Waals surface area (Å²) in [5.74, 6) is 2.10. The summed E-state index contributed by atoms with van der Waals surface area (Å²) in [6, 6.07) is 13.2. The Hall–Kier alpha value is -2.82. The predicted molar refractivity (Wildman–Crippen MR) is 77.8 cm³/mol. The predicted octanol–water partition coefficient (Wildman–Crippen LogP) is 2.53. The highest BCUT2D eigenvalue weighted by Gasteiger charge is 2.09. The van der Waals surface area contributed by atoms with Crippen LogP contribution in [0.25, 0.3) is 17.2 Å². The molecule has 0 aliphatic rings. The zero-order valence-corrected chi connectivity index (χ0v) is 11.0. The third-order valence-corrected chi connectivity index (χ3v) is 2.95. The molecule has 0 saturated carbocycles. The molecule has 2 N–H and O–H groups in total. The fourth-order valence-electron chi connectivity index (χ4n) is 2.03. The van der Waals surface area contributed by atoms with Gasteiger partial charge in [0.25, 0.3) is 0 Å². The molecule has 0 aliphatic heterocycles. The molecule has 0 fully saturated rings. The number of anilines is 1. The van der Waals surface area contributed by atoms with E-state index < -0.39 is 0 Å². The van der Waals surface area contributed by atoms with E-state index in [9.17, 15) is 0 Å². The summed E-state index contributed by atoms with van der Waals surface area (Å²) in [5, 5.41) is 0. The average Bonchev–Trinajstić information content (AvgIpc) is 2.97. The monoisotopic (exact) mass is 266 g/mol. The summed E-state index contributed by atoms with van der Waals surface area (Å²) in [7, 11) is 1.60. The number of hydrogen-bond donors (Lipinski definition) is 1. The average molecular weight is 266 g/mol. The molecule has 20 heavy (non-hydrogen) atoms. The van der Waals surface area contributed by atoms with Crippen molar-refractivity contribution in [1.82, 2.24) is 14.5 Å². The van der Waals surface area contributed by atoms with Crippen molar-refractivity contribution in [3.05, 3.63) is 54.9 Å². The van der Waals surface area contributed by atoms with Crippen LogP contribution in [0.3, 0.4) is 0 Å². The molecular formula is C15H14N4O. The third-order valence-electron chi connectivity index (χ3n) is 2.95. The highest BCUT2D eigenvalue weighted by Crippen LogP contribution is 2.23. The summed E-state index contributed by atoms with van der Waals surface area (Å²) in [6.07, 6.45) is 3.60. The number of pyridine rings is 1. The van der Waals surface area contributed by atoms with Crippen LogP contribution in [0, 0.1) is 0 Å². The minimum Gasteiger partial charge on any atom is -0.481 e. The Morgan fingerprint density at radius 2 is 2.00 bits per heavy atom. The molecule has 3 aromatic rings. The van der Waals surface area contributed by atoms with E-state index in [-0.39, 0.29) is 0 Å². The molecule has 0 saturated heterocycles. The smallest absolute Gasteiger partial charge is 0.214 e. The first kappa shape index (κ1) is 12.2. The number of hydrogen-bond acceptors (Lipinski definition) is 4. The van der Waals surface area contributed by atoms with Gasteiger partial charge in [-0.1, -0.05) is 18.2 Å². The Balaban J connectivity index is 2.10. The lowest BCUT2D eigenvalue weighted by Gasteiger charge is -2.08. The van der Waals surface area contributed by atoms with E-state index in [1.807, 2.05) is 47.2 Å². The summed E-state index contributed by atoms with van der Waals surface area (Å²) in [4.78, 5) is 8.80. The van der Waals surface area contributed by atoms with E-state index in [2.05, 4.69) is 9.97 Å². The molecule has 1 aromatic carbocycles. The normalized spacial score (nSPS) is 10.4. The second kappa shape index (κ2) is 5.05. The Labute approximate surface area is 116 Å². The number of methoxy groups -OCH3 is 1. The van der Waals surface area contributed by atoms with Crippen molar-refractivity contribution < 1.29 is 4.74 Å². The molecule has 0 amide bonds. The molecular weight excluding hydrogens is 252 g/mol. The number of benzene rings is 1. The van der Waals surface area contributed by atoms with Crippen molar-refractivity contribution in [2.75, 3.05) is 12.8 Å². The Morgan fingerprint density at radius 3 is 2.80 bits per heavy atom. The quantitative estimate of drug-likeness (QED) is 0.740. The number of rotatable bonds is 3. The first-order chi connectivity index (χ1) is 9.78. The van der Waals surface area contributed by atoms with Gasteiger partial charge in [-0.3, -0.25) is 4.57 Å². The van der Waals surface area contributed by atoms with Crippen molar-refractivity contribution in [3.8, 4) is 23.1 Å². The lowest BCUT2D eigenvalue weighted by Crippen LogP contribution is -2.00. The molecule has 0 bridgehead atoms. The van der Waals surface area contributed by atoms with Crippen molar-refractivity contribution >= 4 is 5.69 Å². The van der Waals surface area contributed by atoms with Crippen LogP contribution in [0.2, 0.25) is 0 Å². The molecule has 2 heterocycles. The third kappa shape index (κ3) is 2.21. The molecule has 5 nitrogen and oxygen atoms in total. The van der Waals surface area contributed by atoms with E-state index in [4.69, 9.17) is 10.5 Å². The van der Waals surface area contributed by atoms with Crippen LogP contribution >= 0.6 is 0 Å². The van der Waals surface area contributed by atoms with Crippen LogP contribution in [-0.2, 0) is 0 Å². The molecule has 0 unspecified atom stereocenters. The van der Waals surface area contributed by atoms with Gasteiger partial charge in [0.15, 0.2) is 0 Å². The van der Waals surface area contributed by atoms with E-state index in [0.717, 1.165) is 17.2 Å². The van der Waals surface area contributed by atoms with Crippen LogP contribution in [0.5, 0.6) is 5.88 Å². The van der Waals surface area contributed by atoms with Gasteiger partial charge in [-0.2, -0.15) is 4.98 Å². The van der Waals surface area contributed by atoms with Gasteiger partial charge in [-0.05, 0) is 18.2 Å². The van der Waals surface area contributed by atoms with Crippen LogP contribution in [0.1, 0.15) is 0 Å². The maximum atomic E-state index is 5.83. The van der Waals surface area contributed by atoms with Gasteiger partial charge in [0.1, 0.15) is 11.6 Å². The van der Waals surface area contributed by atoms with Gasteiger partial charge >= 0.3 is 0 Å². The molecule has 2 aromatic heterocycles. The number of nitrogen functional groups attached to an aromatic ring is 1. The van der Waals surface area contributed by atoms with Gasteiger partial charge in [0.2, 0.25) is 5.88 Å². The summed E-state index contributed by atoms with van der Waals surface area (Å²) in [6.45, 7) is 0. The van der Waals surface area contributed by atoms with Crippen LogP contribution in [0.15, 0.2) is 54.9 Å². The Kier molecular flexibility index (Phi) is 3.09. The van der Waals surface area contributed by atoms with Crippen molar-refractivity contribution in [1.29, 1.82) is 0 Å². The topological polar surface area (TPSA) is 66.0 Å². The minimum absolute atomic E-state index is 0.565. The molecule has 100 valence electrons. The number of imidazole rings is 1. The second-order valence-electron chi connectivity index (χ2n) is 4.28. The molecule has 0 aliphatic carbocycles. The van der Waals surface area contributed by atoms with E-state index in [1.165, 1.54) is 0 Å². The van der Waals surface area contributed by atoms with E-state index in [0.29, 0.717) is 11.6 Å². The molecule has 3 rings (SSSR count). The van der Waals surface area contributed by atoms with E-state index in [1.54, 1.807) is 19.4 Å². The van der Waals surface area contributed by atoms with Gasteiger partial charge in [0.05, 0.1) is 7.11 Å². The van der Waals surface area contributed by atoms with Gasteiger partial charge in [-0.25, -0.2) is 4.98 Å². The number of ether oxygens (including phenoxy) is 1. The Morgan fingerprint density at radius 1 is 1.15 bits per heavy atom. The van der Waals surface area contributed by atoms with Crippen LogP contribution < -0.4 is 10.5 Å². The van der Waals surface area contributed by atoms with Gasteiger partial charge in [0, 0.05) is 29.7 Å². The van der Waals surface area contributed by atoms with E-state index >= 15 is 0 Å². The van der Waals surface area contributed by atoms with Gasteiger partial charge < -0.3 is 10.5 Å². The molecule has 0 radical (unpaired) electrons.